The monoisotopic (exact) mass is 340 g/mol. The van der Waals surface area contributed by atoms with Crippen molar-refractivity contribution in [3.63, 3.8) is 0 Å². The Hall–Kier alpha value is -2.31. The number of thiazole rings is 1. The molecule has 4 rings (SSSR count). The van der Waals surface area contributed by atoms with E-state index in [1.165, 1.54) is 11.3 Å². The summed E-state index contributed by atoms with van der Waals surface area (Å²) in [4.78, 5) is 8.70. The zero-order valence-corrected chi connectivity index (χ0v) is 13.9. The van der Waals surface area contributed by atoms with Gasteiger partial charge in [0.2, 0.25) is 0 Å². The highest BCUT2D eigenvalue weighted by Gasteiger charge is 2.09. The van der Waals surface area contributed by atoms with Gasteiger partial charge in [-0.15, -0.1) is 11.3 Å². The number of pyridine rings is 1. The number of benzene rings is 2. The van der Waals surface area contributed by atoms with Crippen LogP contribution in [0.15, 0.2) is 59.1 Å². The minimum absolute atomic E-state index is 0.631. The first kappa shape index (κ1) is 14.3. The van der Waals surface area contributed by atoms with E-state index in [-0.39, 0.29) is 0 Å². The van der Waals surface area contributed by atoms with Crippen molar-refractivity contribution >= 4 is 43.3 Å². The third-order valence-corrected chi connectivity index (χ3v) is 5.77. The lowest BCUT2D eigenvalue weighted by molar-refractivity contribution is 0.489. The number of hydrogen-bond acceptors (Lipinski definition) is 5. The molecule has 114 valence electrons. The number of nitrogens with zero attached hydrogens (tertiary/aromatic N) is 2. The Morgan fingerprint density at radius 3 is 2.83 bits per heavy atom. The van der Waals surface area contributed by atoms with Crippen LogP contribution in [0.1, 0.15) is 0 Å². The molecule has 0 aliphatic carbocycles. The summed E-state index contributed by atoms with van der Waals surface area (Å²) >= 11 is 1.43. The summed E-state index contributed by atoms with van der Waals surface area (Å²) in [5, 5.41) is 0.967. The van der Waals surface area contributed by atoms with Crippen LogP contribution in [0.25, 0.3) is 21.1 Å². The fourth-order valence-electron chi connectivity index (χ4n) is 2.36. The van der Waals surface area contributed by atoms with Crippen molar-refractivity contribution in [1.82, 2.24) is 9.97 Å². The highest BCUT2D eigenvalue weighted by molar-refractivity contribution is 7.86. The lowest BCUT2D eigenvalue weighted by Gasteiger charge is -2.08. The summed E-state index contributed by atoms with van der Waals surface area (Å²) in [6.07, 6.45) is 3.37. The van der Waals surface area contributed by atoms with Crippen LogP contribution in [-0.4, -0.2) is 20.4 Å². The van der Waals surface area contributed by atoms with Gasteiger partial charge in [-0.3, -0.25) is 9.19 Å². The molecule has 2 heterocycles. The lowest BCUT2D eigenvalue weighted by Crippen LogP contribution is -1.87. The van der Waals surface area contributed by atoms with Gasteiger partial charge in [0.05, 0.1) is 26.5 Å². The molecule has 0 bridgehead atoms. The highest BCUT2D eigenvalue weighted by atomic mass is 32.2. The van der Waals surface area contributed by atoms with Crippen molar-refractivity contribution in [3.8, 4) is 11.5 Å². The van der Waals surface area contributed by atoms with Crippen LogP contribution in [0.5, 0.6) is 11.5 Å². The molecule has 0 fully saturated rings. The van der Waals surface area contributed by atoms with E-state index < -0.39 is 10.8 Å². The molecule has 0 saturated heterocycles. The topological polar surface area (TPSA) is 52.1 Å². The van der Waals surface area contributed by atoms with Gasteiger partial charge in [0.15, 0.2) is 4.34 Å². The van der Waals surface area contributed by atoms with Crippen LogP contribution in [0.2, 0.25) is 0 Å². The van der Waals surface area contributed by atoms with Gasteiger partial charge in [-0.2, -0.15) is 0 Å². The zero-order valence-electron chi connectivity index (χ0n) is 12.2. The Balaban J connectivity index is 1.75. The average molecular weight is 340 g/mol. The SMILES string of the molecule is CS(=O)c1nc2ccc(Oc3ccnc4ccccc34)cc2s1. The van der Waals surface area contributed by atoms with E-state index in [2.05, 4.69) is 9.97 Å². The summed E-state index contributed by atoms with van der Waals surface area (Å²) in [5.41, 5.74) is 1.74. The van der Waals surface area contributed by atoms with Gasteiger partial charge in [0.1, 0.15) is 11.5 Å². The first-order chi connectivity index (χ1) is 11.2. The predicted octanol–water partition coefficient (Wildman–Crippen LogP) is 4.37. The second-order valence-corrected chi connectivity index (χ2v) is 7.58. The molecule has 0 spiro atoms. The van der Waals surface area contributed by atoms with E-state index in [0.29, 0.717) is 4.34 Å². The van der Waals surface area contributed by atoms with E-state index in [4.69, 9.17) is 4.74 Å². The molecule has 1 unspecified atom stereocenters. The summed E-state index contributed by atoms with van der Waals surface area (Å²) in [5.74, 6) is 1.49. The molecule has 2 aromatic carbocycles. The summed E-state index contributed by atoms with van der Waals surface area (Å²) in [6.45, 7) is 0. The third kappa shape index (κ3) is 2.71. The van der Waals surface area contributed by atoms with E-state index in [0.717, 1.165) is 32.6 Å². The van der Waals surface area contributed by atoms with Gasteiger partial charge < -0.3 is 4.74 Å². The highest BCUT2D eigenvalue weighted by Crippen LogP contribution is 2.32. The number of rotatable bonds is 3. The lowest BCUT2D eigenvalue weighted by atomic mass is 10.2. The normalized spacial score (nSPS) is 12.6. The molecule has 0 amide bonds. The molecule has 23 heavy (non-hydrogen) atoms. The van der Waals surface area contributed by atoms with Crippen molar-refractivity contribution in [2.24, 2.45) is 0 Å². The Kier molecular flexibility index (Phi) is 3.55. The molecular formula is C17H12N2O2S2. The maximum Gasteiger partial charge on any atom is 0.181 e. The summed E-state index contributed by atoms with van der Waals surface area (Å²) < 4.78 is 19.2. The van der Waals surface area contributed by atoms with Crippen molar-refractivity contribution < 1.29 is 8.95 Å². The van der Waals surface area contributed by atoms with E-state index >= 15 is 0 Å². The maximum absolute atomic E-state index is 11.6. The van der Waals surface area contributed by atoms with Crippen LogP contribution in [-0.2, 0) is 10.8 Å². The van der Waals surface area contributed by atoms with Gasteiger partial charge in [-0.1, -0.05) is 12.1 Å². The van der Waals surface area contributed by atoms with Crippen molar-refractivity contribution in [1.29, 1.82) is 0 Å². The number of ether oxygens (including phenoxy) is 1. The summed E-state index contributed by atoms with van der Waals surface area (Å²) in [7, 11) is -1.07. The number of fused-ring (bicyclic) bond motifs is 2. The maximum atomic E-state index is 11.6. The first-order valence-corrected chi connectivity index (χ1v) is 9.34. The van der Waals surface area contributed by atoms with Crippen LogP contribution < -0.4 is 4.74 Å². The van der Waals surface area contributed by atoms with Gasteiger partial charge in [-0.05, 0) is 30.3 Å². The fraction of sp³-hybridized carbons (Fsp3) is 0.0588. The molecule has 2 aromatic heterocycles. The molecule has 0 aliphatic heterocycles. The zero-order chi connectivity index (χ0) is 15.8. The minimum atomic E-state index is -1.07. The average Bonchev–Trinajstić information content (AvgIpc) is 2.99. The Morgan fingerprint density at radius 2 is 1.96 bits per heavy atom. The number of aromatic nitrogens is 2. The summed E-state index contributed by atoms with van der Waals surface area (Å²) in [6, 6.07) is 15.4. The Bertz CT molecular complexity index is 1040. The second-order valence-electron chi connectivity index (χ2n) is 4.99. The largest absolute Gasteiger partial charge is 0.457 e. The van der Waals surface area contributed by atoms with Gasteiger partial charge in [0, 0.05) is 23.9 Å². The van der Waals surface area contributed by atoms with E-state index in [1.54, 1.807) is 12.5 Å². The van der Waals surface area contributed by atoms with E-state index in [1.807, 2.05) is 48.5 Å². The van der Waals surface area contributed by atoms with Crippen molar-refractivity contribution in [3.05, 3.63) is 54.7 Å². The molecule has 1 atom stereocenters. The standard InChI is InChI=1S/C17H12N2O2S2/c1-23(20)17-19-14-7-6-11(10-16(14)22-17)21-15-8-9-18-13-5-3-2-4-12(13)15/h2-10H,1H3. The number of hydrogen-bond donors (Lipinski definition) is 0. The van der Waals surface area contributed by atoms with Gasteiger partial charge >= 0.3 is 0 Å². The molecule has 0 N–H and O–H groups in total. The molecular weight excluding hydrogens is 328 g/mol. The van der Waals surface area contributed by atoms with Crippen LogP contribution in [0, 0.1) is 0 Å². The van der Waals surface area contributed by atoms with Gasteiger partial charge in [-0.25, -0.2) is 4.98 Å². The molecule has 0 saturated carbocycles. The van der Waals surface area contributed by atoms with E-state index in [9.17, 15) is 4.21 Å². The Labute approximate surface area is 139 Å². The third-order valence-electron chi connectivity index (χ3n) is 3.42. The molecule has 4 aromatic rings. The second kappa shape index (κ2) is 5.72. The predicted molar refractivity (Wildman–Crippen MR) is 93.8 cm³/mol. The quantitative estimate of drug-likeness (QED) is 0.555. The molecule has 0 radical (unpaired) electrons. The van der Waals surface area contributed by atoms with Crippen LogP contribution in [0.3, 0.4) is 0 Å². The van der Waals surface area contributed by atoms with Crippen molar-refractivity contribution in [2.45, 2.75) is 4.34 Å². The molecule has 0 aliphatic rings. The first-order valence-electron chi connectivity index (χ1n) is 6.96. The Morgan fingerprint density at radius 1 is 1.09 bits per heavy atom. The fourth-order valence-corrected chi connectivity index (χ4v) is 4.05. The molecule has 6 heteroatoms. The van der Waals surface area contributed by atoms with Crippen molar-refractivity contribution in [2.75, 3.05) is 6.26 Å². The molecule has 4 nitrogen and oxygen atoms in total. The number of para-hydroxylation sites is 1. The van der Waals surface area contributed by atoms with Crippen LogP contribution >= 0.6 is 11.3 Å². The minimum Gasteiger partial charge on any atom is -0.457 e. The smallest absolute Gasteiger partial charge is 0.181 e. The van der Waals surface area contributed by atoms with Gasteiger partial charge in [0.25, 0.3) is 0 Å². The van der Waals surface area contributed by atoms with Crippen LogP contribution in [0.4, 0.5) is 0 Å².